The summed E-state index contributed by atoms with van der Waals surface area (Å²) in [6.45, 7) is -0.429. The maximum atomic E-state index is 13.9. The minimum Gasteiger partial charge on any atom is -0.483 e. The van der Waals surface area contributed by atoms with Crippen molar-refractivity contribution in [3.05, 3.63) is 102 Å². The van der Waals surface area contributed by atoms with Crippen LogP contribution in [0.15, 0.2) is 84.6 Å². The fraction of sp³-hybridized carbons (Fsp3) is 0.0800. The Morgan fingerprint density at radius 1 is 0.970 bits per heavy atom. The third-order valence-corrected chi connectivity index (χ3v) is 4.88. The number of carbonyl (C=O) groups excluding carboxylic acids is 3. The van der Waals surface area contributed by atoms with Crippen molar-refractivity contribution in [2.75, 3.05) is 11.9 Å². The predicted molar refractivity (Wildman–Crippen MR) is 120 cm³/mol. The molecule has 0 saturated carbocycles. The highest BCUT2D eigenvalue weighted by atomic mass is 19.1. The number of para-hydroxylation sites is 2. The van der Waals surface area contributed by atoms with Crippen LogP contribution in [0.4, 0.5) is 14.9 Å². The van der Waals surface area contributed by atoms with Gasteiger partial charge in [0, 0.05) is 16.8 Å². The first-order valence-corrected chi connectivity index (χ1v) is 10.2. The van der Waals surface area contributed by atoms with E-state index in [1.165, 1.54) is 24.3 Å². The van der Waals surface area contributed by atoms with Crippen LogP contribution >= 0.6 is 0 Å². The maximum absolute atomic E-state index is 13.9. The van der Waals surface area contributed by atoms with Crippen molar-refractivity contribution in [3.8, 4) is 5.75 Å². The Labute approximate surface area is 189 Å². The molecule has 1 aliphatic rings. The molecule has 1 aliphatic heterocycles. The summed E-state index contributed by atoms with van der Waals surface area (Å²) >= 11 is 0. The van der Waals surface area contributed by atoms with E-state index in [4.69, 9.17) is 4.74 Å². The third-order valence-electron chi connectivity index (χ3n) is 4.88. The lowest BCUT2D eigenvalue weighted by molar-refractivity contribution is -0.123. The Kier molecular flexibility index (Phi) is 6.45. The molecule has 0 unspecified atom stereocenters. The van der Waals surface area contributed by atoms with Gasteiger partial charge in [-0.15, -0.1) is 0 Å². The molecule has 7 nitrogen and oxygen atoms in total. The van der Waals surface area contributed by atoms with Gasteiger partial charge in [0.1, 0.15) is 17.3 Å². The molecule has 0 aromatic heterocycles. The van der Waals surface area contributed by atoms with Gasteiger partial charge in [0.05, 0.1) is 6.54 Å². The van der Waals surface area contributed by atoms with Gasteiger partial charge in [-0.1, -0.05) is 54.6 Å². The molecule has 8 heteroatoms. The number of imide groups is 1. The fourth-order valence-corrected chi connectivity index (χ4v) is 3.26. The maximum Gasteiger partial charge on any atom is 0.329 e. The number of hydrogen-bond acceptors (Lipinski definition) is 4. The molecule has 0 radical (unpaired) electrons. The van der Waals surface area contributed by atoms with E-state index in [1.807, 2.05) is 6.07 Å². The molecular weight excluding hydrogens is 425 g/mol. The molecule has 3 aromatic carbocycles. The van der Waals surface area contributed by atoms with Gasteiger partial charge < -0.3 is 15.4 Å². The second kappa shape index (κ2) is 9.78. The average molecular weight is 445 g/mol. The van der Waals surface area contributed by atoms with Gasteiger partial charge in [-0.25, -0.2) is 9.18 Å². The van der Waals surface area contributed by atoms with Gasteiger partial charge in [-0.3, -0.25) is 14.5 Å². The van der Waals surface area contributed by atoms with Crippen molar-refractivity contribution in [2.24, 2.45) is 0 Å². The molecular formula is C25H20FN3O4. The number of amides is 4. The Hall–Kier alpha value is -4.46. The number of carbonyl (C=O) groups is 3. The molecule has 33 heavy (non-hydrogen) atoms. The molecule has 0 spiro atoms. The molecule has 4 amide bonds. The van der Waals surface area contributed by atoms with Crippen molar-refractivity contribution in [3.63, 3.8) is 0 Å². The highest BCUT2D eigenvalue weighted by Gasteiger charge is 2.34. The van der Waals surface area contributed by atoms with Crippen molar-refractivity contribution in [1.82, 2.24) is 10.2 Å². The molecule has 0 atom stereocenters. The van der Waals surface area contributed by atoms with Crippen LogP contribution < -0.4 is 15.4 Å². The van der Waals surface area contributed by atoms with Crippen LogP contribution in [0.3, 0.4) is 0 Å². The summed E-state index contributed by atoms with van der Waals surface area (Å²) in [6, 6.07) is 21.1. The van der Waals surface area contributed by atoms with Gasteiger partial charge in [0.15, 0.2) is 6.61 Å². The number of urea groups is 1. The number of halogens is 1. The van der Waals surface area contributed by atoms with Crippen molar-refractivity contribution < 1.29 is 23.5 Å². The van der Waals surface area contributed by atoms with E-state index in [2.05, 4.69) is 10.6 Å². The summed E-state index contributed by atoms with van der Waals surface area (Å²) in [6.07, 6.45) is 1.46. The number of nitrogens with zero attached hydrogens (tertiary/aromatic N) is 1. The second-order valence-corrected chi connectivity index (χ2v) is 7.21. The van der Waals surface area contributed by atoms with Crippen LogP contribution in [-0.4, -0.2) is 29.4 Å². The number of nitrogens with one attached hydrogen (secondary N) is 2. The number of anilines is 1. The van der Waals surface area contributed by atoms with Gasteiger partial charge >= 0.3 is 6.03 Å². The Morgan fingerprint density at radius 3 is 2.45 bits per heavy atom. The topological polar surface area (TPSA) is 87.7 Å². The van der Waals surface area contributed by atoms with E-state index in [9.17, 15) is 18.8 Å². The number of ether oxygens (including phenoxy) is 1. The van der Waals surface area contributed by atoms with E-state index in [-0.39, 0.29) is 30.3 Å². The van der Waals surface area contributed by atoms with Gasteiger partial charge in [-0.05, 0) is 30.3 Å². The molecule has 1 heterocycles. The minimum atomic E-state index is -0.643. The number of benzene rings is 3. The fourth-order valence-electron chi connectivity index (χ4n) is 3.26. The smallest absolute Gasteiger partial charge is 0.329 e. The molecule has 1 saturated heterocycles. The predicted octanol–water partition coefficient (Wildman–Crippen LogP) is 3.94. The summed E-state index contributed by atoms with van der Waals surface area (Å²) in [4.78, 5) is 38.2. The lowest BCUT2D eigenvalue weighted by Crippen LogP contribution is -2.30. The lowest BCUT2D eigenvalue weighted by Gasteiger charge is -2.12. The SMILES string of the molecule is O=C(COc1ccccc1C=C1NC(=O)N(Cc2ccccc2F)C1=O)Nc1ccccc1. The summed E-state index contributed by atoms with van der Waals surface area (Å²) in [5, 5.41) is 5.23. The van der Waals surface area contributed by atoms with E-state index in [0.29, 0.717) is 17.0 Å². The molecule has 2 N–H and O–H groups in total. The average Bonchev–Trinajstić information content (AvgIpc) is 3.08. The molecule has 1 fully saturated rings. The van der Waals surface area contributed by atoms with Gasteiger partial charge in [0.25, 0.3) is 11.8 Å². The lowest BCUT2D eigenvalue weighted by atomic mass is 10.1. The van der Waals surface area contributed by atoms with Gasteiger partial charge in [0.2, 0.25) is 0 Å². The van der Waals surface area contributed by atoms with E-state index in [0.717, 1.165) is 4.90 Å². The Morgan fingerprint density at radius 2 is 1.67 bits per heavy atom. The molecule has 166 valence electrons. The molecule has 4 rings (SSSR count). The van der Waals surface area contributed by atoms with Crippen LogP contribution in [0.1, 0.15) is 11.1 Å². The van der Waals surface area contributed by atoms with Crippen molar-refractivity contribution >= 4 is 29.6 Å². The van der Waals surface area contributed by atoms with Crippen LogP contribution in [0.5, 0.6) is 5.75 Å². The number of rotatable bonds is 7. The summed E-state index contributed by atoms with van der Waals surface area (Å²) in [5.74, 6) is -1.06. The first-order chi connectivity index (χ1) is 16.0. The quantitative estimate of drug-likeness (QED) is 0.426. The normalized spacial score (nSPS) is 14.3. The van der Waals surface area contributed by atoms with Crippen LogP contribution in [0.2, 0.25) is 0 Å². The molecule has 3 aromatic rings. The standard InChI is InChI=1S/C25H20FN3O4/c26-20-12-6-4-9-18(20)15-29-24(31)21(28-25(29)32)14-17-8-5-7-13-22(17)33-16-23(30)27-19-10-2-1-3-11-19/h1-14H,15-16H2,(H,27,30)(H,28,32). The molecule has 0 aliphatic carbocycles. The summed E-state index contributed by atoms with van der Waals surface area (Å²) in [5.41, 5.74) is 1.41. The van der Waals surface area contributed by atoms with E-state index < -0.39 is 17.8 Å². The molecule has 0 bridgehead atoms. The van der Waals surface area contributed by atoms with E-state index in [1.54, 1.807) is 54.6 Å². The summed E-state index contributed by atoms with van der Waals surface area (Å²) < 4.78 is 19.6. The zero-order valence-corrected chi connectivity index (χ0v) is 17.5. The highest BCUT2D eigenvalue weighted by Crippen LogP contribution is 2.24. The Balaban J connectivity index is 1.46. The monoisotopic (exact) mass is 445 g/mol. The van der Waals surface area contributed by atoms with Crippen molar-refractivity contribution in [1.29, 1.82) is 0 Å². The highest BCUT2D eigenvalue weighted by molar-refractivity contribution is 6.14. The zero-order chi connectivity index (χ0) is 23.2. The van der Waals surface area contributed by atoms with Crippen LogP contribution in [0.25, 0.3) is 6.08 Å². The third kappa shape index (κ3) is 5.24. The largest absolute Gasteiger partial charge is 0.483 e. The van der Waals surface area contributed by atoms with Crippen LogP contribution in [0, 0.1) is 5.82 Å². The zero-order valence-electron chi connectivity index (χ0n) is 17.5. The Bertz CT molecular complexity index is 1230. The minimum absolute atomic E-state index is 0.0288. The second-order valence-electron chi connectivity index (χ2n) is 7.21. The van der Waals surface area contributed by atoms with Crippen LogP contribution in [-0.2, 0) is 16.1 Å². The van der Waals surface area contributed by atoms with E-state index >= 15 is 0 Å². The first kappa shape index (κ1) is 21.8. The summed E-state index contributed by atoms with van der Waals surface area (Å²) in [7, 11) is 0. The van der Waals surface area contributed by atoms with Gasteiger partial charge in [-0.2, -0.15) is 0 Å². The van der Waals surface area contributed by atoms with Crippen molar-refractivity contribution in [2.45, 2.75) is 6.54 Å². The first-order valence-electron chi connectivity index (χ1n) is 10.2. The number of hydrogen-bond donors (Lipinski definition) is 2.